The van der Waals surface area contributed by atoms with E-state index in [-0.39, 0.29) is 6.10 Å². The monoisotopic (exact) mass is 226 g/mol. The third-order valence-corrected chi connectivity index (χ3v) is 3.14. The number of aromatic nitrogens is 1. The van der Waals surface area contributed by atoms with Gasteiger partial charge in [-0.2, -0.15) is 0 Å². The van der Waals surface area contributed by atoms with Crippen LogP contribution in [0.15, 0.2) is 12.3 Å². The molecule has 1 aromatic rings. The van der Waals surface area contributed by atoms with Crippen molar-refractivity contribution in [3.63, 3.8) is 0 Å². The average molecular weight is 227 g/mol. The Hall–Kier alpha value is -0.800. The molecule has 4 heteroatoms. The maximum absolute atomic E-state index is 5.86. The SMILES string of the molecule is Cc1cc(NC2CCOC2C)cnc1Cl. The minimum atomic E-state index is 0.265. The maximum Gasteiger partial charge on any atom is 0.132 e. The molecule has 1 aliphatic rings. The molecule has 0 saturated carbocycles. The van der Waals surface area contributed by atoms with Gasteiger partial charge < -0.3 is 10.1 Å². The van der Waals surface area contributed by atoms with Gasteiger partial charge in [-0.15, -0.1) is 0 Å². The van der Waals surface area contributed by atoms with E-state index in [1.807, 2.05) is 13.0 Å². The van der Waals surface area contributed by atoms with Crippen molar-refractivity contribution in [3.05, 3.63) is 23.0 Å². The summed E-state index contributed by atoms with van der Waals surface area (Å²) in [6, 6.07) is 2.40. The van der Waals surface area contributed by atoms with Crippen LogP contribution in [0, 0.1) is 6.92 Å². The molecule has 82 valence electrons. The fraction of sp³-hybridized carbons (Fsp3) is 0.545. The number of nitrogens with zero attached hydrogens (tertiary/aromatic N) is 1. The molecular weight excluding hydrogens is 212 g/mol. The molecule has 1 fully saturated rings. The number of nitrogens with one attached hydrogen (secondary N) is 1. The topological polar surface area (TPSA) is 34.1 Å². The highest BCUT2D eigenvalue weighted by atomic mass is 35.5. The van der Waals surface area contributed by atoms with E-state index >= 15 is 0 Å². The fourth-order valence-corrected chi connectivity index (χ4v) is 1.88. The van der Waals surface area contributed by atoms with Gasteiger partial charge >= 0.3 is 0 Å². The zero-order valence-electron chi connectivity index (χ0n) is 8.96. The molecule has 0 bridgehead atoms. The van der Waals surface area contributed by atoms with Gasteiger partial charge in [-0.3, -0.25) is 0 Å². The van der Waals surface area contributed by atoms with Gasteiger partial charge in [0.05, 0.1) is 24.0 Å². The van der Waals surface area contributed by atoms with E-state index < -0.39 is 0 Å². The molecule has 2 atom stereocenters. The molecule has 2 unspecified atom stereocenters. The summed E-state index contributed by atoms with van der Waals surface area (Å²) in [6.45, 7) is 4.87. The number of anilines is 1. The molecule has 0 amide bonds. The van der Waals surface area contributed by atoms with Crippen LogP contribution in [0.1, 0.15) is 18.9 Å². The van der Waals surface area contributed by atoms with E-state index in [0.29, 0.717) is 11.2 Å². The van der Waals surface area contributed by atoms with Crippen molar-refractivity contribution in [1.29, 1.82) is 0 Å². The lowest BCUT2D eigenvalue weighted by Crippen LogP contribution is -2.26. The smallest absolute Gasteiger partial charge is 0.132 e. The fourth-order valence-electron chi connectivity index (χ4n) is 1.77. The molecular formula is C11H15ClN2O. The van der Waals surface area contributed by atoms with Gasteiger partial charge in [0.25, 0.3) is 0 Å². The number of ether oxygens (including phenoxy) is 1. The Kier molecular flexibility index (Phi) is 3.12. The zero-order chi connectivity index (χ0) is 10.8. The summed E-state index contributed by atoms with van der Waals surface area (Å²) in [7, 11) is 0. The molecule has 1 aliphatic heterocycles. The van der Waals surface area contributed by atoms with Gasteiger partial charge in [0, 0.05) is 6.61 Å². The number of hydrogen-bond acceptors (Lipinski definition) is 3. The number of rotatable bonds is 2. The summed E-state index contributed by atoms with van der Waals surface area (Å²) in [5.41, 5.74) is 2.01. The summed E-state index contributed by atoms with van der Waals surface area (Å²) in [4.78, 5) is 4.11. The molecule has 2 heterocycles. The average Bonchev–Trinajstić information content (AvgIpc) is 2.59. The third-order valence-electron chi connectivity index (χ3n) is 2.74. The van der Waals surface area contributed by atoms with Crippen LogP contribution in [-0.2, 0) is 4.74 Å². The Morgan fingerprint density at radius 2 is 2.40 bits per heavy atom. The van der Waals surface area contributed by atoms with Crippen molar-refractivity contribution in [2.75, 3.05) is 11.9 Å². The summed E-state index contributed by atoms with van der Waals surface area (Å²) in [5.74, 6) is 0. The van der Waals surface area contributed by atoms with Crippen molar-refractivity contribution in [1.82, 2.24) is 4.98 Å². The van der Waals surface area contributed by atoms with Crippen molar-refractivity contribution in [3.8, 4) is 0 Å². The molecule has 2 rings (SSSR count). The molecule has 1 aromatic heterocycles. The molecule has 1 saturated heterocycles. The van der Waals surface area contributed by atoms with Crippen molar-refractivity contribution in [2.24, 2.45) is 0 Å². The number of pyridine rings is 1. The lowest BCUT2D eigenvalue weighted by molar-refractivity contribution is 0.121. The minimum absolute atomic E-state index is 0.265. The summed E-state index contributed by atoms with van der Waals surface area (Å²) in [6.07, 6.45) is 3.07. The number of hydrogen-bond donors (Lipinski definition) is 1. The van der Waals surface area contributed by atoms with Gasteiger partial charge in [-0.05, 0) is 31.9 Å². The Morgan fingerprint density at radius 1 is 1.60 bits per heavy atom. The van der Waals surface area contributed by atoms with E-state index in [2.05, 4.69) is 17.2 Å². The largest absolute Gasteiger partial charge is 0.378 e. The van der Waals surface area contributed by atoms with Crippen LogP contribution >= 0.6 is 11.6 Å². The van der Waals surface area contributed by atoms with Gasteiger partial charge in [-0.25, -0.2) is 4.98 Å². The first-order valence-electron chi connectivity index (χ1n) is 5.17. The molecule has 0 radical (unpaired) electrons. The lowest BCUT2D eigenvalue weighted by atomic mass is 10.1. The van der Waals surface area contributed by atoms with E-state index in [1.165, 1.54) is 0 Å². The van der Waals surface area contributed by atoms with E-state index in [4.69, 9.17) is 16.3 Å². The second-order valence-electron chi connectivity index (χ2n) is 3.95. The van der Waals surface area contributed by atoms with Crippen molar-refractivity contribution < 1.29 is 4.74 Å². The minimum Gasteiger partial charge on any atom is -0.378 e. The molecule has 1 N–H and O–H groups in total. The van der Waals surface area contributed by atoms with Crippen molar-refractivity contribution >= 4 is 17.3 Å². The van der Waals surface area contributed by atoms with Crippen LogP contribution in [0.25, 0.3) is 0 Å². The second kappa shape index (κ2) is 4.37. The predicted molar refractivity (Wildman–Crippen MR) is 61.4 cm³/mol. The normalized spacial score (nSPS) is 25.5. The van der Waals surface area contributed by atoms with Crippen LogP contribution in [-0.4, -0.2) is 23.7 Å². The Balaban J connectivity index is 2.07. The molecule has 15 heavy (non-hydrogen) atoms. The zero-order valence-corrected chi connectivity index (χ0v) is 9.71. The summed E-state index contributed by atoms with van der Waals surface area (Å²) in [5, 5.41) is 3.98. The summed E-state index contributed by atoms with van der Waals surface area (Å²) < 4.78 is 5.48. The first-order valence-corrected chi connectivity index (χ1v) is 5.55. The van der Waals surface area contributed by atoms with Gasteiger partial charge in [0.15, 0.2) is 0 Å². The van der Waals surface area contributed by atoms with Crippen LogP contribution in [0.5, 0.6) is 0 Å². The highest BCUT2D eigenvalue weighted by Crippen LogP contribution is 2.21. The molecule has 0 aromatic carbocycles. The number of halogens is 1. The summed E-state index contributed by atoms with van der Waals surface area (Å²) >= 11 is 5.86. The van der Waals surface area contributed by atoms with Crippen LogP contribution in [0.4, 0.5) is 5.69 Å². The van der Waals surface area contributed by atoms with Crippen LogP contribution in [0.2, 0.25) is 5.15 Å². The van der Waals surface area contributed by atoms with Gasteiger partial charge in [-0.1, -0.05) is 11.6 Å². The molecule has 0 spiro atoms. The van der Waals surface area contributed by atoms with Gasteiger partial charge in [0.2, 0.25) is 0 Å². The highest BCUT2D eigenvalue weighted by molar-refractivity contribution is 6.30. The van der Waals surface area contributed by atoms with Crippen molar-refractivity contribution in [2.45, 2.75) is 32.4 Å². The van der Waals surface area contributed by atoms with E-state index in [9.17, 15) is 0 Å². The molecule has 3 nitrogen and oxygen atoms in total. The maximum atomic E-state index is 5.86. The highest BCUT2D eigenvalue weighted by Gasteiger charge is 2.23. The van der Waals surface area contributed by atoms with E-state index in [0.717, 1.165) is 24.3 Å². The second-order valence-corrected chi connectivity index (χ2v) is 4.31. The van der Waals surface area contributed by atoms with Crippen LogP contribution < -0.4 is 5.32 Å². The lowest BCUT2D eigenvalue weighted by Gasteiger charge is -2.17. The number of aryl methyl sites for hydroxylation is 1. The van der Waals surface area contributed by atoms with Gasteiger partial charge in [0.1, 0.15) is 5.15 Å². The quantitative estimate of drug-likeness (QED) is 0.788. The Morgan fingerprint density at radius 3 is 3.00 bits per heavy atom. The predicted octanol–water partition coefficient (Wildman–Crippen LogP) is 2.63. The molecule has 0 aliphatic carbocycles. The third kappa shape index (κ3) is 2.41. The van der Waals surface area contributed by atoms with E-state index in [1.54, 1.807) is 6.20 Å². The Labute approximate surface area is 94.8 Å². The van der Waals surface area contributed by atoms with Crippen LogP contribution in [0.3, 0.4) is 0 Å². The first kappa shape index (κ1) is 10.7. The first-order chi connectivity index (χ1) is 7.16. The standard InChI is InChI=1S/C11H15ClN2O/c1-7-5-9(6-13-11(7)12)14-10-3-4-15-8(10)2/h5-6,8,10,14H,3-4H2,1-2H3. The Bertz CT molecular complexity index is 356.